The molecular formula is C12H17BrN2O2S. The fourth-order valence-corrected chi connectivity index (χ4v) is 3.49. The standard InChI is InChI=1S/C12H17BrN2O2S/c1-2-17-12(16)15-7-5-14(6-8-15)9-10-3-4-11(13)18-10/h3-4H,2,5-9H2,1H3. The van der Waals surface area contributed by atoms with Gasteiger partial charge >= 0.3 is 6.09 Å². The molecule has 0 saturated carbocycles. The monoisotopic (exact) mass is 332 g/mol. The van der Waals surface area contributed by atoms with Gasteiger partial charge in [-0.05, 0) is 35.0 Å². The molecule has 1 aliphatic rings. The van der Waals surface area contributed by atoms with Crippen LogP contribution in [0.5, 0.6) is 0 Å². The lowest BCUT2D eigenvalue weighted by Crippen LogP contribution is -2.48. The fourth-order valence-electron chi connectivity index (χ4n) is 1.96. The van der Waals surface area contributed by atoms with E-state index < -0.39 is 0 Å². The van der Waals surface area contributed by atoms with Gasteiger partial charge in [-0.15, -0.1) is 11.3 Å². The topological polar surface area (TPSA) is 32.8 Å². The number of amides is 1. The zero-order valence-electron chi connectivity index (χ0n) is 10.4. The summed E-state index contributed by atoms with van der Waals surface area (Å²) in [5.74, 6) is 0. The molecule has 4 nitrogen and oxygen atoms in total. The summed E-state index contributed by atoms with van der Waals surface area (Å²) < 4.78 is 6.17. The van der Waals surface area contributed by atoms with Crippen molar-refractivity contribution < 1.29 is 9.53 Å². The van der Waals surface area contributed by atoms with Crippen molar-refractivity contribution in [3.05, 3.63) is 20.8 Å². The molecular weight excluding hydrogens is 316 g/mol. The number of hydrogen-bond donors (Lipinski definition) is 0. The largest absolute Gasteiger partial charge is 0.450 e. The molecule has 0 N–H and O–H groups in total. The average Bonchev–Trinajstić information content (AvgIpc) is 2.76. The van der Waals surface area contributed by atoms with Crippen molar-refractivity contribution in [2.45, 2.75) is 13.5 Å². The van der Waals surface area contributed by atoms with Gasteiger partial charge in [-0.1, -0.05) is 0 Å². The van der Waals surface area contributed by atoms with Crippen molar-refractivity contribution in [2.24, 2.45) is 0 Å². The highest BCUT2D eigenvalue weighted by Gasteiger charge is 2.21. The first kappa shape index (κ1) is 13.8. The third-order valence-corrected chi connectivity index (χ3v) is 4.52. The van der Waals surface area contributed by atoms with Gasteiger partial charge in [-0.3, -0.25) is 4.90 Å². The van der Waals surface area contributed by atoms with Gasteiger partial charge in [0.2, 0.25) is 0 Å². The molecule has 18 heavy (non-hydrogen) atoms. The summed E-state index contributed by atoms with van der Waals surface area (Å²) in [6.45, 7) is 6.58. The van der Waals surface area contributed by atoms with Crippen LogP contribution in [0.25, 0.3) is 0 Å². The molecule has 1 aromatic rings. The van der Waals surface area contributed by atoms with Crippen molar-refractivity contribution in [1.29, 1.82) is 0 Å². The molecule has 0 unspecified atom stereocenters. The van der Waals surface area contributed by atoms with Gasteiger partial charge in [-0.2, -0.15) is 0 Å². The summed E-state index contributed by atoms with van der Waals surface area (Å²) in [5.41, 5.74) is 0. The first-order valence-corrected chi connectivity index (χ1v) is 7.68. The molecule has 0 spiro atoms. The second-order valence-electron chi connectivity index (χ2n) is 4.17. The number of halogens is 1. The zero-order valence-corrected chi connectivity index (χ0v) is 12.8. The second kappa shape index (κ2) is 6.54. The summed E-state index contributed by atoms with van der Waals surface area (Å²) in [6, 6.07) is 4.22. The van der Waals surface area contributed by atoms with Crippen molar-refractivity contribution in [2.75, 3.05) is 32.8 Å². The van der Waals surface area contributed by atoms with Gasteiger partial charge in [-0.25, -0.2) is 4.79 Å². The number of carbonyl (C=O) groups excluding carboxylic acids is 1. The molecule has 6 heteroatoms. The van der Waals surface area contributed by atoms with Crippen LogP contribution in [0.1, 0.15) is 11.8 Å². The van der Waals surface area contributed by atoms with Crippen LogP contribution in [0, 0.1) is 0 Å². The van der Waals surface area contributed by atoms with Crippen LogP contribution >= 0.6 is 27.3 Å². The van der Waals surface area contributed by atoms with Crippen LogP contribution in [-0.2, 0) is 11.3 Å². The van der Waals surface area contributed by atoms with E-state index in [1.165, 1.54) is 8.66 Å². The Bertz CT molecular complexity index is 403. The van der Waals surface area contributed by atoms with Crippen LogP contribution in [0.4, 0.5) is 4.79 Å². The van der Waals surface area contributed by atoms with E-state index in [2.05, 4.69) is 33.0 Å². The Morgan fingerprint density at radius 3 is 2.67 bits per heavy atom. The van der Waals surface area contributed by atoms with E-state index in [0.29, 0.717) is 6.61 Å². The lowest BCUT2D eigenvalue weighted by atomic mass is 10.3. The predicted molar refractivity (Wildman–Crippen MR) is 75.9 cm³/mol. The normalized spacial score (nSPS) is 16.9. The van der Waals surface area contributed by atoms with E-state index in [0.717, 1.165) is 32.7 Å². The minimum Gasteiger partial charge on any atom is -0.450 e. The Labute approximate surface area is 120 Å². The molecule has 0 radical (unpaired) electrons. The second-order valence-corrected chi connectivity index (χ2v) is 6.72. The van der Waals surface area contributed by atoms with Gasteiger partial charge in [0.15, 0.2) is 0 Å². The Hall–Kier alpha value is -0.590. The lowest BCUT2D eigenvalue weighted by Gasteiger charge is -2.33. The highest BCUT2D eigenvalue weighted by molar-refractivity contribution is 9.11. The molecule has 100 valence electrons. The third-order valence-electron chi connectivity index (χ3n) is 2.91. The SMILES string of the molecule is CCOC(=O)N1CCN(Cc2ccc(Br)s2)CC1. The molecule has 2 rings (SSSR count). The number of thiophene rings is 1. The smallest absolute Gasteiger partial charge is 0.409 e. The molecule has 1 fully saturated rings. The third kappa shape index (κ3) is 3.70. The van der Waals surface area contributed by atoms with E-state index in [4.69, 9.17) is 4.74 Å². The van der Waals surface area contributed by atoms with E-state index in [1.807, 2.05) is 6.92 Å². The molecule has 1 saturated heterocycles. The minimum absolute atomic E-state index is 0.184. The Morgan fingerprint density at radius 1 is 1.39 bits per heavy atom. The average molecular weight is 333 g/mol. The van der Waals surface area contributed by atoms with Crippen molar-refractivity contribution in [3.63, 3.8) is 0 Å². The van der Waals surface area contributed by atoms with E-state index in [9.17, 15) is 4.79 Å². The number of piperazine rings is 1. The maximum atomic E-state index is 11.5. The minimum atomic E-state index is -0.184. The van der Waals surface area contributed by atoms with E-state index in [1.54, 1.807) is 16.2 Å². The molecule has 1 amide bonds. The zero-order chi connectivity index (χ0) is 13.0. The van der Waals surface area contributed by atoms with Crippen molar-refractivity contribution in [3.8, 4) is 0 Å². The molecule has 2 heterocycles. The Morgan fingerprint density at radius 2 is 2.11 bits per heavy atom. The summed E-state index contributed by atoms with van der Waals surface area (Å²) in [7, 11) is 0. The van der Waals surface area contributed by atoms with E-state index in [-0.39, 0.29) is 6.09 Å². The highest BCUT2D eigenvalue weighted by Crippen LogP contribution is 2.23. The lowest BCUT2D eigenvalue weighted by molar-refractivity contribution is 0.0781. The fraction of sp³-hybridized carbons (Fsp3) is 0.583. The summed E-state index contributed by atoms with van der Waals surface area (Å²) in [5, 5.41) is 0. The Balaban J connectivity index is 1.78. The quantitative estimate of drug-likeness (QED) is 0.853. The number of hydrogen-bond acceptors (Lipinski definition) is 4. The van der Waals surface area contributed by atoms with Crippen molar-refractivity contribution >= 4 is 33.4 Å². The molecule has 0 atom stereocenters. The Kier molecular flexibility index (Phi) is 5.03. The number of carbonyl (C=O) groups is 1. The van der Waals surface area contributed by atoms with Crippen LogP contribution in [0.15, 0.2) is 15.9 Å². The summed E-state index contributed by atoms with van der Waals surface area (Å²) in [4.78, 5) is 17.1. The van der Waals surface area contributed by atoms with Gasteiger partial charge in [0.25, 0.3) is 0 Å². The number of nitrogens with zero attached hydrogens (tertiary/aromatic N) is 2. The molecule has 0 aromatic carbocycles. The first-order valence-electron chi connectivity index (χ1n) is 6.07. The number of ether oxygens (including phenoxy) is 1. The maximum Gasteiger partial charge on any atom is 0.409 e. The van der Waals surface area contributed by atoms with Crippen LogP contribution < -0.4 is 0 Å². The molecule has 1 aliphatic heterocycles. The van der Waals surface area contributed by atoms with Gasteiger partial charge < -0.3 is 9.64 Å². The van der Waals surface area contributed by atoms with Crippen LogP contribution in [-0.4, -0.2) is 48.7 Å². The summed E-state index contributed by atoms with van der Waals surface area (Å²) in [6.07, 6.45) is -0.184. The number of rotatable bonds is 3. The highest BCUT2D eigenvalue weighted by atomic mass is 79.9. The van der Waals surface area contributed by atoms with Gasteiger partial charge in [0.05, 0.1) is 10.4 Å². The van der Waals surface area contributed by atoms with Crippen LogP contribution in [0.2, 0.25) is 0 Å². The summed E-state index contributed by atoms with van der Waals surface area (Å²) >= 11 is 5.24. The molecule has 1 aromatic heterocycles. The van der Waals surface area contributed by atoms with Gasteiger partial charge in [0, 0.05) is 37.6 Å². The van der Waals surface area contributed by atoms with Gasteiger partial charge in [0.1, 0.15) is 0 Å². The van der Waals surface area contributed by atoms with E-state index >= 15 is 0 Å². The molecule has 0 aliphatic carbocycles. The molecule has 0 bridgehead atoms. The first-order chi connectivity index (χ1) is 8.69. The maximum absolute atomic E-state index is 11.5. The van der Waals surface area contributed by atoms with Crippen LogP contribution in [0.3, 0.4) is 0 Å². The predicted octanol–water partition coefficient (Wildman–Crippen LogP) is 2.78. The van der Waals surface area contributed by atoms with Crippen molar-refractivity contribution in [1.82, 2.24) is 9.80 Å².